The van der Waals surface area contributed by atoms with Gasteiger partial charge in [-0.3, -0.25) is 4.79 Å². The summed E-state index contributed by atoms with van der Waals surface area (Å²) in [5, 5.41) is 0. The Hall–Kier alpha value is -3.54. The molecule has 3 rings (SSSR count). The van der Waals surface area contributed by atoms with Crippen molar-refractivity contribution in [3.8, 4) is 11.3 Å². The molecule has 0 bridgehead atoms. The van der Waals surface area contributed by atoms with Gasteiger partial charge >= 0.3 is 5.97 Å². The van der Waals surface area contributed by atoms with E-state index in [9.17, 15) is 18.4 Å². The Kier molecular flexibility index (Phi) is 5.79. The van der Waals surface area contributed by atoms with E-state index in [4.69, 9.17) is 9.15 Å². The van der Waals surface area contributed by atoms with Gasteiger partial charge in [0.15, 0.2) is 17.4 Å². The Morgan fingerprint density at radius 3 is 2.36 bits per heavy atom. The van der Waals surface area contributed by atoms with Crippen molar-refractivity contribution in [2.75, 3.05) is 6.61 Å². The van der Waals surface area contributed by atoms with E-state index in [1.54, 1.807) is 43.3 Å². The first-order valence-electron chi connectivity index (χ1n) is 8.53. The second-order valence-electron chi connectivity index (χ2n) is 5.83. The maximum absolute atomic E-state index is 13.2. The van der Waals surface area contributed by atoms with Crippen LogP contribution in [-0.2, 0) is 4.74 Å². The molecule has 4 nitrogen and oxygen atoms in total. The molecule has 142 valence electrons. The third kappa shape index (κ3) is 4.40. The van der Waals surface area contributed by atoms with Gasteiger partial charge in [0.25, 0.3) is 0 Å². The van der Waals surface area contributed by atoms with E-state index >= 15 is 0 Å². The third-order valence-corrected chi connectivity index (χ3v) is 3.91. The molecule has 0 radical (unpaired) electrons. The van der Waals surface area contributed by atoms with Crippen molar-refractivity contribution < 1.29 is 27.5 Å². The fraction of sp³-hybridized carbons (Fsp3) is 0.0909. The first-order valence-corrected chi connectivity index (χ1v) is 8.53. The molecule has 0 unspecified atom stereocenters. The van der Waals surface area contributed by atoms with Gasteiger partial charge in [-0.15, -0.1) is 0 Å². The SMILES string of the molecule is CCOC(=O)c1ccc(-c2ccc(/C=C/C(=O)c3ccc(F)c(F)c3)o2)cc1. The number of halogens is 2. The van der Waals surface area contributed by atoms with Gasteiger partial charge in [0.2, 0.25) is 0 Å². The lowest BCUT2D eigenvalue weighted by atomic mass is 10.1. The lowest BCUT2D eigenvalue weighted by Crippen LogP contribution is -2.03. The third-order valence-electron chi connectivity index (χ3n) is 3.91. The van der Waals surface area contributed by atoms with E-state index < -0.39 is 23.4 Å². The van der Waals surface area contributed by atoms with Crippen LogP contribution in [0, 0.1) is 11.6 Å². The largest absolute Gasteiger partial charge is 0.462 e. The lowest BCUT2D eigenvalue weighted by Gasteiger charge is -2.02. The molecule has 0 atom stereocenters. The predicted octanol–water partition coefficient (Wildman–Crippen LogP) is 5.30. The number of ether oxygens (including phenoxy) is 1. The van der Waals surface area contributed by atoms with E-state index in [2.05, 4.69) is 0 Å². The van der Waals surface area contributed by atoms with Gasteiger partial charge in [-0.05, 0) is 61.5 Å². The highest BCUT2D eigenvalue weighted by molar-refractivity contribution is 6.06. The van der Waals surface area contributed by atoms with Gasteiger partial charge < -0.3 is 9.15 Å². The normalized spacial score (nSPS) is 11.0. The smallest absolute Gasteiger partial charge is 0.338 e. The van der Waals surface area contributed by atoms with Crippen LogP contribution < -0.4 is 0 Å². The molecule has 0 amide bonds. The van der Waals surface area contributed by atoms with Crippen LogP contribution in [0.2, 0.25) is 0 Å². The molecule has 6 heteroatoms. The van der Waals surface area contributed by atoms with Gasteiger partial charge in [-0.25, -0.2) is 13.6 Å². The standard InChI is InChI=1S/C22H16F2O4/c1-2-27-22(26)15-5-3-14(4-6-15)21-12-9-17(28-21)8-11-20(25)16-7-10-18(23)19(24)13-16/h3-13H,2H2,1H3/b11-8+. The number of furan rings is 1. The average Bonchev–Trinajstić information content (AvgIpc) is 3.17. The fourth-order valence-electron chi connectivity index (χ4n) is 2.49. The molecule has 1 heterocycles. The minimum atomic E-state index is -1.08. The summed E-state index contributed by atoms with van der Waals surface area (Å²) >= 11 is 0. The Morgan fingerprint density at radius 2 is 1.68 bits per heavy atom. The van der Waals surface area contributed by atoms with Crippen LogP contribution in [0.25, 0.3) is 17.4 Å². The summed E-state index contributed by atoms with van der Waals surface area (Å²) in [4.78, 5) is 23.7. The van der Waals surface area contributed by atoms with Gasteiger partial charge in [-0.1, -0.05) is 12.1 Å². The van der Waals surface area contributed by atoms with E-state index in [0.29, 0.717) is 23.7 Å². The number of carbonyl (C=O) groups is 2. The summed E-state index contributed by atoms with van der Waals surface area (Å²) in [6.45, 7) is 2.04. The number of ketones is 1. The Morgan fingerprint density at radius 1 is 0.964 bits per heavy atom. The maximum Gasteiger partial charge on any atom is 0.338 e. The molecular formula is C22H16F2O4. The molecule has 0 N–H and O–H groups in total. The molecule has 0 aliphatic carbocycles. The van der Waals surface area contributed by atoms with Crippen molar-refractivity contribution in [3.63, 3.8) is 0 Å². The summed E-state index contributed by atoms with van der Waals surface area (Å²) in [5.41, 5.74) is 1.23. The molecule has 0 saturated carbocycles. The van der Waals surface area contributed by atoms with Crippen molar-refractivity contribution in [1.82, 2.24) is 0 Å². The zero-order valence-corrected chi connectivity index (χ0v) is 14.9. The average molecular weight is 382 g/mol. The van der Waals surface area contributed by atoms with E-state index in [1.807, 2.05) is 0 Å². The molecule has 3 aromatic rings. The second-order valence-corrected chi connectivity index (χ2v) is 5.83. The van der Waals surface area contributed by atoms with E-state index in [-0.39, 0.29) is 5.56 Å². The van der Waals surface area contributed by atoms with Gasteiger partial charge in [0.1, 0.15) is 11.5 Å². The maximum atomic E-state index is 13.2. The number of hydrogen-bond acceptors (Lipinski definition) is 4. The zero-order valence-electron chi connectivity index (χ0n) is 14.9. The molecule has 1 aromatic heterocycles. The van der Waals surface area contributed by atoms with Crippen LogP contribution in [0.15, 0.2) is 65.1 Å². The van der Waals surface area contributed by atoms with Crippen LogP contribution >= 0.6 is 0 Å². The number of carbonyl (C=O) groups excluding carboxylic acids is 2. The number of allylic oxidation sites excluding steroid dienone is 1. The quantitative estimate of drug-likeness (QED) is 0.330. The molecule has 0 aliphatic rings. The number of rotatable bonds is 6. The molecule has 0 spiro atoms. The number of esters is 1. The molecule has 0 saturated heterocycles. The summed E-state index contributed by atoms with van der Waals surface area (Å²) < 4.78 is 36.7. The summed E-state index contributed by atoms with van der Waals surface area (Å²) in [6, 6.07) is 13.1. The van der Waals surface area contributed by atoms with Crippen LogP contribution in [0.3, 0.4) is 0 Å². The van der Waals surface area contributed by atoms with Crippen molar-refractivity contribution in [1.29, 1.82) is 0 Å². The second kappa shape index (κ2) is 8.43. The van der Waals surface area contributed by atoms with Crippen molar-refractivity contribution >= 4 is 17.8 Å². The first-order chi connectivity index (χ1) is 13.5. The minimum absolute atomic E-state index is 0.0384. The van der Waals surface area contributed by atoms with Gasteiger partial charge in [0, 0.05) is 11.1 Å². The number of hydrogen-bond donors (Lipinski definition) is 0. The van der Waals surface area contributed by atoms with E-state index in [0.717, 1.165) is 17.7 Å². The van der Waals surface area contributed by atoms with Crippen molar-refractivity contribution in [3.05, 3.63) is 89.2 Å². The van der Waals surface area contributed by atoms with Crippen LogP contribution in [-0.4, -0.2) is 18.4 Å². The van der Waals surface area contributed by atoms with Crippen molar-refractivity contribution in [2.24, 2.45) is 0 Å². The van der Waals surface area contributed by atoms with Crippen molar-refractivity contribution in [2.45, 2.75) is 6.92 Å². The van der Waals surface area contributed by atoms with Gasteiger partial charge in [0.05, 0.1) is 12.2 Å². The fourth-order valence-corrected chi connectivity index (χ4v) is 2.49. The number of benzene rings is 2. The van der Waals surface area contributed by atoms with Crippen LogP contribution in [0.4, 0.5) is 8.78 Å². The molecule has 0 fully saturated rings. The first kappa shape index (κ1) is 19.2. The summed E-state index contributed by atoms with van der Waals surface area (Å²) in [7, 11) is 0. The molecular weight excluding hydrogens is 366 g/mol. The summed E-state index contributed by atoms with van der Waals surface area (Å²) in [5.74, 6) is -1.99. The highest BCUT2D eigenvalue weighted by atomic mass is 19.2. The van der Waals surface area contributed by atoms with Gasteiger partial charge in [-0.2, -0.15) is 0 Å². The minimum Gasteiger partial charge on any atom is -0.462 e. The zero-order chi connectivity index (χ0) is 20.1. The van der Waals surface area contributed by atoms with Crippen LogP contribution in [0.1, 0.15) is 33.4 Å². The predicted molar refractivity (Wildman–Crippen MR) is 99.8 cm³/mol. The Balaban J connectivity index is 1.71. The molecule has 0 aliphatic heterocycles. The van der Waals surface area contributed by atoms with E-state index in [1.165, 1.54) is 18.2 Å². The summed E-state index contributed by atoms with van der Waals surface area (Å²) in [6.07, 6.45) is 2.67. The Bertz CT molecular complexity index is 1030. The molecule has 2 aromatic carbocycles. The highest BCUT2D eigenvalue weighted by Gasteiger charge is 2.10. The highest BCUT2D eigenvalue weighted by Crippen LogP contribution is 2.23. The topological polar surface area (TPSA) is 56.5 Å². The monoisotopic (exact) mass is 382 g/mol. The van der Waals surface area contributed by atoms with Crippen LogP contribution in [0.5, 0.6) is 0 Å². The molecule has 28 heavy (non-hydrogen) atoms. The lowest BCUT2D eigenvalue weighted by molar-refractivity contribution is 0.0526. The Labute approximate surface area is 160 Å².